The van der Waals surface area contributed by atoms with Crippen molar-refractivity contribution in [1.82, 2.24) is 14.9 Å². The van der Waals surface area contributed by atoms with Crippen molar-refractivity contribution in [2.24, 2.45) is 0 Å². The maximum atomic E-state index is 5.71. The summed E-state index contributed by atoms with van der Waals surface area (Å²) in [5, 5.41) is 3.24. The molecule has 0 aliphatic carbocycles. The van der Waals surface area contributed by atoms with Crippen molar-refractivity contribution in [2.75, 3.05) is 43.8 Å². The number of hydrogen-bond acceptors (Lipinski definition) is 6. The van der Waals surface area contributed by atoms with Gasteiger partial charge in [-0.2, -0.15) is 0 Å². The number of morpholine rings is 1. The maximum Gasteiger partial charge on any atom is 0.146 e. The lowest BCUT2D eigenvalue weighted by molar-refractivity contribution is -0.0192. The molecular weight excluding hydrogens is 298 g/mol. The highest BCUT2D eigenvalue weighted by molar-refractivity contribution is 9.10. The average molecular weight is 316 g/mol. The molecule has 0 bridgehead atoms. The van der Waals surface area contributed by atoms with Gasteiger partial charge in [0.25, 0.3) is 0 Å². The van der Waals surface area contributed by atoms with Crippen molar-refractivity contribution in [3.63, 3.8) is 0 Å². The van der Waals surface area contributed by atoms with Crippen LogP contribution in [-0.2, 0) is 4.74 Å². The molecule has 1 aliphatic heterocycles. The molecule has 1 aromatic heterocycles. The zero-order valence-corrected chi connectivity index (χ0v) is 12.0. The Labute approximate surface area is 115 Å². The predicted octanol–water partition coefficient (Wildman–Crippen LogP) is 0.954. The van der Waals surface area contributed by atoms with E-state index in [1.807, 2.05) is 0 Å². The molecule has 6 nitrogen and oxygen atoms in total. The van der Waals surface area contributed by atoms with Gasteiger partial charge in [-0.15, -0.1) is 0 Å². The molecule has 1 saturated heterocycles. The number of nitrogens with one attached hydrogen (secondary N) is 1. The van der Waals surface area contributed by atoms with Crippen LogP contribution in [0.2, 0.25) is 0 Å². The number of anilines is 2. The largest absolute Gasteiger partial charge is 0.383 e. The molecule has 0 saturated carbocycles. The number of rotatable bonds is 4. The van der Waals surface area contributed by atoms with Gasteiger partial charge < -0.3 is 15.8 Å². The van der Waals surface area contributed by atoms with Gasteiger partial charge in [0.05, 0.1) is 12.7 Å². The second kappa shape index (κ2) is 6.31. The Balaban J connectivity index is 1.89. The van der Waals surface area contributed by atoms with E-state index in [0.29, 0.717) is 22.7 Å². The third-order valence-electron chi connectivity index (χ3n) is 2.98. The second-order valence-corrected chi connectivity index (χ2v) is 4.98. The molecule has 7 heteroatoms. The first kappa shape index (κ1) is 13.5. The third kappa shape index (κ3) is 3.30. The van der Waals surface area contributed by atoms with Crippen LogP contribution in [0, 0.1) is 0 Å². The first-order chi connectivity index (χ1) is 8.70. The van der Waals surface area contributed by atoms with E-state index in [0.717, 1.165) is 26.2 Å². The highest BCUT2D eigenvalue weighted by Crippen LogP contribution is 2.23. The Morgan fingerprint density at radius 1 is 1.61 bits per heavy atom. The van der Waals surface area contributed by atoms with Crippen molar-refractivity contribution in [2.45, 2.75) is 13.0 Å². The molecular formula is C11H18BrN5O. The number of ether oxygens (including phenoxy) is 1. The fraction of sp³-hybridized carbons (Fsp3) is 0.636. The summed E-state index contributed by atoms with van der Waals surface area (Å²) in [7, 11) is 0. The highest BCUT2D eigenvalue weighted by Gasteiger charge is 2.19. The summed E-state index contributed by atoms with van der Waals surface area (Å²) < 4.78 is 6.41. The van der Waals surface area contributed by atoms with Crippen LogP contribution in [0.1, 0.15) is 6.92 Å². The van der Waals surface area contributed by atoms with Gasteiger partial charge in [0.15, 0.2) is 0 Å². The Hall–Kier alpha value is -0.920. The van der Waals surface area contributed by atoms with Gasteiger partial charge in [-0.3, -0.25) is 4.90 Å². The van der Waals surface area contributed by atoms with E-state index in [1.165, 1.54) is 6.33 Å². The van der Waals surface area contributed by atoms with Crippen LogP contribution >= 0.6 is 15.9 Å². The SMILES string of the molecule is CCN1CCOC(CNc2ncnc(N)c2Br)C1. The molecule has 0 radical (unpaired) electrons. The van der Waals surface area contributed by atoms with Crippen LogP contribution in [-0.4, -0.2) is 53.8 Å². The Bertz CT molecular complexity index is 403. The van der Waals surface area contributed by atoms with E-state index in [1.54, 1.807) is 0 Å². The summed E-state index contributed by atoms with van der Waals surface area (Å²) in [6.45, 7) is 6.68. The van der Waals surface area contributed by atoms with Crippen LogP contribution in [0.25, 0.3) is 0 Å². The minimum absolute atomic E-state index is 0.182. The molecule has 100 valence electrons. The predicted molar refractivity (Wildman–Crippen MR) is 74.5 cm³/mol. The first-order valence-electron chi connectivity index (χ1n) is 6.04. The number of hydrogen-bond donors (Lipinski definition) is 2. The molecule has 0 spiro atoms. The van der Waals surface area contributed by atoms with Gasteiger partial charge in [0, 0.05) is 19.6 Å². The normalized spacial score (nSPS) is 20.9. The van der Waals surface area contributed by atoms with E-state index < -0.39 is 0 Å². The summed E-state index contributed by atoms with van der Waals surface area (Å²) in [6, 6.07) is 0. The minimum atomic E-state index is 0.182. The summed E-state index contributed by atoms with van der Waals surface area (Å²) in [5.41, 5.74) is 5.70. The monoisotopic (exact) mass is 315 g/mol. The van der Waals surface area contributed by atoms with Crippen LogP contribution in [0.3, 0.4) is 0 Å². The van der Waals surface area contributed by atoms with E-state index in [-0.39, 0.29) is 6.10 Å². The molecule has 3 N–H and O–H groups in total. The molecule has 1 aliphatic rings. The second-order valence-electron chi connectivity index (χ2n) is 4.19. The van der Waals surface area contributed by atoms with E-state index in [4.69, 9.17) is 10.5 Å². The summed E-state index contributed by atoms with van der Waals surface area (Å²) in [6.07, 6.45) is 1.63. The number of aromatic nitrogens is 2. The summed E-state index contributed by atoms with van der Waals surface area (Å²) >= 11 is 3.37. The van der Waals surface area contributed by atoms with Crippen molar-refractivity contribution in [1.29, 1.82) is 0 Å². The van der Waals surface area contributed by atoms with E-state index in [9.17, 15) is 0 Å². The highest BCUT2D eigenvalue weighted by atomic mass is 79.9. The van der Waals surface area contributed by atoms with Gasteiger partial charge in [-0.25, -0.2) is 9.97 Å². The summed E-state index contributed by atoms with van der Waals surface area (Å²) in [5.74, 6) is 1.15. The first-order valence-corrected chi connectivity index (χ1v) is 6.83. The zero-order chi connectivity index (χ0) is 13.0. The molecule has 0 aromatic carbocycles. The number of halogens is 1. The molecule has 1 fully saturated rings. The standard InChI is InChI=1S/C11H18BrN5O/c1-2-17-3-4-18-8(6-17)5-14-11-9(12)10(13)15-7-16-11/h7-8H,2-6H2,1H3,(H3,13,14,15,16). The third-order valence-corrected chi connectivity index (χ3v) is 3.77. The number of likely N-dealkylation sites (N-methyl/N-ethyl adjacent to an activating group) is 1. The van der Waals surface area contributed by atoms with E-state index >= 15 is 0 Å². The number of nitrogens with two attached hydrogens (primary N) is 1. The quantitative estimate of drug-likeness (QED) is 0.861. The lowest BCUT2D eigenvalue weighted by Crippen LogP contribution is -2.45. The van der Waals surface area contributed by atoms with Gasteiger partial charge in [0.1, 0.15) is 22.4 Å². The molecule has 1 unspecified atom stereocenters. The minimum Gasteiger partial charge on any atom is -0.383 e. The van der Waals surface area contributed by atoms with Crippen LogP contribution in [0.5, 0.6) is 0 Å². The lowest BCUT2D eigenvalue weighted by atomic mass is 10.2. The molecule has 0 amide bonds. The van der Waals surface area contributed by atoms with Crippen molar-refractivity contribution >= 4 is 27.6 Å². The maximum absolute atomic E-state index is 5.71. The molecule has 1 atom stereocenters. The van der Waals surface area contributed by atoms with Gasteiger partial charge in [-0.05, 0) is 22.5 Å². The average Bonchev–Trinajstić information content (AvgIpc) is 2.41. The number of nitrogens with zero attached hydrogens (tertiary/aromatic N) is 3. The molecule has 2 heterocycles. The smallest absolute Gasteiger partial charge is 0.146 e. The van der Waals surface area contributed by atoms with E-state index in [2.05, 4.69) is 43.0 Å². The van der Waals surface area contributed by atoms with Crippen LogP contribution in [0.15, 0.2) is 10.8 Å². The topological polar surface area (TPSA) is 76.3 Å². The Morgan fingerprint density at radius 3 is 3.22 bits per heavy atom. The molecule has 1 aromatic rings. The van der Waals surface area contributed by atoms with Gasteiger partial charge in [-0.1, -0.05) is 6.92 Å². The fourth-order valence-electron chi connectivity index (χ4n) is 1.91. The van der Waals surface area contributed by atoms with Crippen LogP contribution < -0.4 is 11.1 Å². The van der Waals surface area contributed by atoms with Crippen molar-refractivity contribution in [3.05, 3.63) is 10.8 Å². The van der Waals surface area contributed by atoms with Crippen LogP contribution in [0.4, 0.5) is 11.6 Å². The van der Waals surface area contributed by atoms with Gasteiger partial charge in [0.2, 0.25) is 0 Å². The molecule has 2 rings (SSSR count). The fourth-order valence-corrected chi connectivity index (χ4v) is 2.25. The number of nitrogen functional groups attached to an aromatic ring is 1. The Kier molecular flexibility index (Phi) is 4.73. The summed E-state index contributed by atoms with van der Waals surface area (Å²) in [4.78, 5) is 10.4. The Morgan fingerprint density at radius 2 is 2.44 bits per heavy atom. The van der Waals surface area contributed by atoms with Crippen molar-refractivity contribution < 1.29 is 4.74 Å². The molecule has 18 heavy (non-hydrogen) atoms. The lowest BCUT2D eigenvalue weighted by Gasteiger charge is -2.32. The van der Waals surface area contributed by atoms with Gasteiger partial charge >= 0.3 is 0 Å². The zero-order valence-electron chi connectivity index (χ0n) is 10.4. The van der Waals surface area contributed by atoms with Crippen molar-refractivity contribution in [3.8, 4) is 0 Å².